The molecular formula is C11H18OS2. The Morgan fingerprint density at radius 3 is 2.50 bits per heavy atom. The molecule has 1 aliphatic carbocycles. The average molecular weight is 230 g/mol. The van der Waals surface area contributed by atoms with Gasteiger partial charge in [0, 0.05) is 23.8 Å². The third-order valence-electron chi connectivity index (χ3n) is 3.08. The highest BCUT2D eigenvalue weighted by molar-refractivity contribution is 8.20. The van der Waals surface area contributed by atoms with Crippen LogP contribution in [0.4, 0.5) is 0 Å². The number of carbonyl (C=O) groups excluding carboxylic acids is 1. The Hall–Kier alpha value is 0.370. The number of Topliss-reactive ketones (excluding diaryl/α,β-unsaturated/α-hetero) is 1. The minimum Gasteiger partial charge on any atom is -0.299 e. The fourth-order valence-electron chi connectivity index (χ4n) is 2.26. The maximum atomic E-state index is 11.9. The molecule has 1 atom stereocenters. The third kappa shape index (κ3) is 2.69. The predicted molar refractivity (Wildman–Crippen MR) is 64.9 cm³/mol. The van der Waals surface area contributed by atoms with Gasteiger partial charge in [0.1, 0.15) is 5.78 Å². The zero-order valence-corrected chi connectivity index (χ0v) is 10.2. The first kappa shape index (κ1) is 10.9. The Morgan fingerprint density at radius 2 is 1.71 bits per heavy atom. The number of carbonyl (C=O) groups is 1. The lowest BCUT2D eigenvalue weighted by Gasteiger charge is -2.22. The fraction of sp³-hybridized carbons (Fsp3) is 0.909. The first-order valence-corrected chi connectivity index (χ1v) is 7.73. The quantitative estimate of drug-likeness (QED) is 0.688. The highest BCUT2D eigenvalue weighted by Crippen LogP contribution is 2.40. The van der Waals surface area contributed by atoms with E-state index in [-0.39, 0.29) is 0 Å². The zero-order valence-electron chi connectivity index (χ0n) is 8.54. The largest absolute Gasteiger partial charge is 0.299 e. The van der Waals surface area contributed by atoms with E-state index in [1.165, 1.54) is 30.8 Å². The third-order valence-corrected chi connectivity index (χ3v) is 6.35. The van der Waals surface area contributed by atoms with Crippen molar-refractivity contribution in [1.82, 2.24) is 0 Å². The van der Waals surface area contributed by atoms with Gasteiger partial charge in [0.15, 0.2) is 0 Å². The van der Waals surface area contributed by atoms with Crippen molar-refractivity contribution in [3.63, 3.8) is 0 Å². The van der Waals surface area contributed by atoms with Gasteiger partial charge in [0.05, 0.1) is 4.58 Å². The van der Waals surface area contributed by atoms with Crippen LogP contribution in [-0.4, -0.2) is 21.9 Å². The summed E-state index contributed by atoms with van der Waals surface area (Å²) in [4.78, 5) is 11.9. The molecule has 1 saturated heterocycles. The van der Waals surface area contributed by atoms with Gasteiger partial charge in [-0.1, -0.05) is 19.3 Å². The molecule has 2 fully saturated rings. The van der Waals surface area contributed by atoms with E-state index in [1.807, 2.05) is 23.5 Å². The number of thioether (sulfide) groups is 2. The van der Waals surface area contributed by atoms with Gasteiger partial charge in [-0.05, 0) is 12.8 Å². The Bertz CT molecular complexity index is 199. The number of hydrogen-bond acceptors (Lipinski definition) is 3. The lowest BCUT2D eigenvalue weighted by Crippen LogP contribution is -2.23. The van der Waals surface area contributed by atoms with Crippen LogP contribution in [-0.2, 0) is 4.79 Å². The lowest BCUT2D eigenvalue weighted by molar-refractivity contribution is -0.123. The number of rotatable bonds is 1. The van der Waals surface area contributed by atoms with Gasteiger partial charge in [0.25, 0.3) is 0 Å². The Morgan fingerprint density at radius 1 is 1.00 bits per heavy atom. The summed E-state index contributed by atoms with van der Waals surface area (Å²) in [5.74, 6) is 3.43. The molecule has 0 aromatic heterocycles. The van der Waals surface area contributed by atoms with Crippen LogP contribution in [0.2, 0.25) is 0 Å². The van der Waals surface area contributed by atoms with Gasteiger partial charge in [-0.15, -0.1) is 23.5 Å². The summed E-state index contributed by atoms with van der Waals surface area (Å²) in [5.41, 5.74) is 0. The number of hydrogen-bond donors (Lipinski definition) is 0. The van der Waals surface area contributed by atoms with E-state index in [0.29, 0.717) is 16.3 Å². The molecule has 1 aliphatic heterocycles. The van der Waals surface area contributed by atoms with Crippen LogP contribution in [0.1, 0.15) is 38.5 Å². The van der Waals surface area contributed by atoms with Crippen molar-refractivity contribution < 1.29 is 4.79 Å². The molecule has 2 rings (SSSR count). The molecule has 0 unspecified atom stereocenters. The molecule has 0 spiro atoms. The first-order valence-electron chi connectivity index (χ1n) is 5.64. The second-order valence-electron chi connectivity index (χ2n) is 4.14. The van der Waals surface area contributed by atoms with Gasteiger partial charge in [-0.2, -0.15) is 0 Å². The van der Waals surface area contributed by atoms with Crippen LogP contribution < -0.4 is 0 Å². The second-order valence-corrected chi connectivity index (χ2v) is 6.93. The Kier molecular flexibility index (Phi) is 4.24. The molecule has 3 heteroatoms. The van der Waals surface area contributed by atoms with Gasteiger partial charge >= 0.3 is 0 Å². The van der Waals surface area contributed by atoms with Crippen LogP contribution in [0, 0.1) is 5.92 Å². The zero-order chi connectivity index (χ0) is 9.80. The van der Waals surface area contributed by atoms with Crippen LogP contribution in [0.15, 0.2) is 0 Å². The minimum atomic E-state index is 0.382. The van der Waals surface area contributed by atoms with Crippen molar-refractivity contribution in [3.8, 4) is 0 Å². The van der Waals surface area contributed by atoms with Crippen LogP contribution >= 0.6 is 23.5 Å². The Labute approximate surface area is 94.8 Å². The van der Waals surface area contributed by atoms with Gasteiger partial charge < -0.3 is 0 Å². The molecule has 14 heavy (non-hydrogen) atoms. The summed E-state index contributed by atoms with van der Waals surface area (Å²) < 4.78 is 0.598. The highest BCUT2D eigenvalue weighted by Gasteiger charge is 2.31. The monoisotopic (exact) mass is 230 g/mol. The molecule has 1 nitrogen and oxygen atoms in total. The predicted octanol–water partition coefficient (Wildman–Crippen LogP) is 3.33. The average Bonchev–Trinajstić information content (AvgIpc) is 2.65. The molecule has 2 aliphatic rings. The molecule has 0 bridgehead atoms. The standard InChI is InChI=1S/C11H18OS2/c12-10-6-4-2-1-3-5-9(10)11-13-7-8-14-11/h9,11H,1-8H2/t9-/m1/s1. The van der Waals surface area contributed by atoms with Gasteiger partial charge in [0.2, 0.25) is 0 Å². The van der Waals surface area contributed by atoms with Crippen molar-refractivity contribution in [2.45, 2.75) is 43.1 Å². The summed E-state index contributed by atoms with van der Waals surface area (Å²) >= 11 is 4.02. The summed E-state index contributed by atoms with van der Waals surface area (Å²) in [7, 11) is 0. The lowest BCUT2D eigenvalue weighted by atomic mass is 9.91. The van der Waals surface area contributed by atoms with E-state index in [0.717, 1.165) is 19.3 Å². The summed E-state index contributed by atoms with van der Waals surface area (Å²) in [6.45, 7) is 0. The van der Waals surface area contributed by atoms with Crippen molar-refractivity contribution in [1.29, 1.82) is 0 Å². The molecule has 1 saturated carbocycles. The van der Waals surface area contributed by atoms with E-state index >= 15 is 0 Å². The maximum Gasteiger partial charge on any atom is 0.137 e. The summed E-state index contributed by atoms with van der Waals surface area (Å²) in [6, 6.07) is 0. The van der Waals surface area contributed by atoms with Gasteiger partial charge in [-0.25, -0.2) is 0 Å². The summed E-state index contributed by atoms with van der Waals surface area (Å²) in [5, 5.41) is 0. The smallest absolute Gasteiger partial charge is 0.137 e. The molecule has 0 amide bonds. The van der Waals surface area contributed by atoms with E-state index in [1.54, 1.807) is 0 Å². The molecular weight excluding hydrogens is 212 g/mol. The van der Waals surface area contributed by atoms with E-state index in [2.05, 4.69) is 0 Å². The molecule has 0 radical (unpaired) electrons. The SMILES string of the molecule is O=C1CCCCCC[C@H]1C1SCCS1. The Balaban J connectivity index is 1.94. The van der Waals surface area contributed by atoms with Crippen molar-refractivity contribution >= 4 is 29.3 Å². The topological polar surface area (TPSA) is 17.1 Å². The molecule has 0 N–H and O–H groups in total. The first-order chi connectivity index (χ1) is 6.88. The van der Waals surface area contributed by atoms with E-state index in [9.17, 15) is 4.79 Å². The molecule has 0 aromatic rings. The molecule has 80 valence electrons. The molecule has 1 heterocycles. The fourth-order valence-corrected chi connectivity index (χ4v) is 5.50. The normalized spacial score (nSPS) is 31.4. The molecule has 0 aromatic carbocycles. The van der Waals surface area contributed by atoms with Crippen LogP contribution in [0.5, 0.6) is 0 Å². The van der Waals surface area contributed by atoms with Crippen LogP contribution in [0.25, 0.3) is 0 Å². The summed E-state index contributed by atoms with van der Waals surface area (Å²) in [6.07, 6.45) is 7.02. The number of ketones is 1. The van der Waals surface area contributed by atoms with Crippen molar-refractivity contribution in [2.75, 3.05) is 11.5 Å². The minimum absolute atomic E-state index is 0.382. The highest BCUT2D eigenvalue weighted by atomic mass is 32.2. The maximum absolute atomic E-state index is 11.9. The van der Waals surface area contributed by atoms with Crippen LogP contribution in [0.3, 0.4) is 0 Å². The van der Waals surface area contributed by atoms with Crippen molar-refractivity contribution in [2.24, 2.45) is 5.92 Å². The van der Waals surface area contributed by atoms with E-state index in [4.69, 9.17) is 0 Å². The second kappa shape index (κ2) is 5.45. The van der Waals surface area contributed by atoms with E-state index < -0.39 is 0 Å². The van der Waals surface area contributed by atoms with Gasteiger partial charge in [-0.3, -0.25) is 4.79 Å². The van der Waals surface area contributed by atoms with Crippen molar-refractivity contribution in [3.05, 3.63) is 0 Å².